The first-order valence-electron chi connectivity index (χ1n) is 6.87. The highest BCUT2D eigenvalue weighted by Crippen LogP contribution is 2.23. The first-order chi connectivity index (χ1) is 10.4. The van der Waals surface area contributed by atoms with Gasteiger partial charge in [0.2, 0.25) is 10.0 Å². The number of hydrogen-bond donors (Lipinski definition) is 1. The molecule has 118 valence electrons. The maximum absolute atomic E-state index is 12.3. The van der Waals surface area contributed by atoms with E-state index in [1.165, 1.54) is 19.2 Å². The van der Waals surface area contributed by atoms with Crippen molar-refractivity contribution in [2.45, 2.75) is 17.9 Å². The summed E-state index contributed by atoms with van der Waals surface area (Å²) in [5, 5.41) is 9.32. The van der Waals surface area contributed by atoms with E-state index >= 15 is 0 Å². The third-order valence-electron chi connectivity index (χ3n) is 3.03. The molecule has 2 rings (SSSR count). The summed E-state index contributed by atoms with van der Waals surface area (Å²) in [5.74, 6) is 1.24. The van der Waals surface area contributed by atoms with Crippen LogP contribution in [0.3, 0.4) is 0 Å². The molecule has 0 aliphatic heterocycles. The molecule has 0 saturated heterocycles. The second kappa shape index (κ2) is 6.91. The van der Waals surface area contributed by atoms with Crippen molar-refractivity contribution >= 4 is 10.0 Å². The molecule has 1 unspecified atom stereocenters. The van der Waals surface area contributed by atoms with Gasteiger partial charge in [0.1, 0.15) is 11.5 Å². The summed E-state index contributed by atoms with van der Waals surface area (Å²) in [4.78, 5) is 0.163. The molecule has 0 aliphatic rings. The van der Waals surface area contributed by atoms with Crippen LogP contribution in [0, 0.1) is 0 Å². The standard InChI is InChI=1S/C16H19NO4S/c1-13(18)12-17(2)22(19,20)16-10-8-15(9-11-16)21-14-6-4-3-5-7-14/h3-11,13,18H,12H2,1-2H3. The van der Waals surface area contributed by atoms with Gasteiger partial charge in [0.15, 0.2) is 0 Å². The molecule has 0 amide bonds. The zero-order chi connectivity index (χ0) is 16.2. The molecular weight excluding hydrogens is 302 g/mol. The molecule has 0 aromatic heterocycles. The summed E-state index contributed by atoms with van der Waals surface area (Å²) in [6, 6.07) is 15.4. The van der Waals surface area contributed by atoms with Gasteiger partial charge < -0.3 is 9.84 Å². The van der Waals surface area contributed by atoms with Crippen molar-refractivity contribution in [1.29, 1.82) is 0 Å². The third kappa shape index (κ3) is 4.07. The van der Waals surface area contributed by atoms with Gasteiger partial charge in [-0.05, 0) is 43.3 Å². The summed E-state index contributed by atoms with van der Waals surface area (Å²) in [5.41, 5.74) is 0. The van der Waals surface area contributed by atoms with E-state index in [9.17, 15) is 13.5 Å². The van der Waals surface area contributed by atoms with Crippen molar-refractivity contribution in [3.8, 4) is 11.5 Å². The fourth-order valence-corrected chi connectivity index (χ4v) is 3.21. The highest BCUT2D eigenvalue weighted by molar-refractivity contribution is 7.89. The maximum atomic E-state index is 12.3. The Morgan fingerprint density at radius 3 is 2.14 bits per heavy atom. The smallest absolute Gasteiger partial charge is 0.242 e. The van der Waals surface area contributed by atoms with Crippen LogP contribution in [0.5, 0.6) is 11.5 Å². The summed E-state index contributed by atoms with van der Waals surface area (Å²) >= 11 is 0. The zero-order valence-electron chi connectivity index (χ0n) is 12.5. The van der Waals surface area contributed by atoms with E-state index in [4.69, 9.17) is 4.74 Å². The number of benzene rings is 2. The number of rotatable bonds is 6. The summed E-state index contributed by atoms with van der Waals surface area (Å²) < 4.78 is 31.4. The van der Waals surface area contributed by atoms with Crippen molar-refractivity contribution in [3.05, 3.63) is 54.6 Å². The number of aliphatic hydroxyl groups excluding tert-OH is 1. The number of hydrogen-bond acceptors (Lipinski definition) is 4. The molecule has 0 saturated carbocycles. The van der Waals surface area contributed by atoms with Gasteiger partial charge in [-0.1, -0.05) is 18.2 Å². The van der Waals surface area contributed by atoms with Gasteiger partial charge in [0.25, 0.3) is 0 Å². The summed E-state index contributed by atoms with van der Waals surface area (Å²) in [6.45, 7) is 1.59. The predicted molar refractivity (Wildman–Crippen MR) is 84.5 cm³/mol. The lowest BCUT2D eigenvalue weighted by molar-refractivity contribution is 0.171. The fraction of sp³-hybridized carbons (Fsp3) is 0.250. The molecule has 0 radical (unpaired) electrons. The number of para-hydroxylation sites is 1. The van der Waals surface area contributed by atoms with E-state index < -0.39 is 16.1 Å². The van der Waals surface area contributed by atoms with Crippen LogP contribution in [0.25, 0.3) is 0 Å². The molecule has 0 aliphatic carbocycles. The van der Waals surface area contributed by atoms with Crippen molar-refractivity contribution < 1.29 is 18.3 Å². The quantitative estimate of drug-likeness (QED) is 0.887. The zero-order valence-corrected chi connectivity index (χ0v) is 13.3. The Hall–Kier alpha value is -1.89. The average Bonchev–Trinajstić information content (AvgIpc) is 2.48. The number of aliphatic hydroxyl groups is 1. The molecule has 5 nitrogen and oxygen atoms in total. The molecule has 0 fully saturated rings. The number of sulfonamides is 1. The lowest BCUT2D eigenvalue weighted by Crippen LogP contribution is -2.33. The van der Waals surface area contributed by atoms with E-state index in [0.717, 1.165) is 4.31 Å². The van der Waals surface area contributed by atoms with Crippen molar-refractivity contribution in [1.82, 2.24) is 4.31 Å². The lowest BCUT2D eigenvalue weighted by Gasteiger charge is -2.18. The van der Waals surface area contributed by atoms with Crippen LogP contribution in [-0.2, 0) is 10.0 Å². The molecule has 0 heterocycles. The van der Waals surface area contributed by atoms with Crippen molar-refractivity contribution in [2.24, 2.45) is 0 Å². The minimum Gasteiger partial charge on any atom is -0.457 e. The van der Waals surface area contributed by atoms with E-state index in [-0.39, 0.29) is 11.4 Å². The minimum absolute atomic E-state index is 0.0462. The van der Waals surface area contributed by atoms with Crippen LogP contribution in [0.1, 0.15) is 6.92 Å². The maximum Gasteiger partial charge on any atom is 0.242 e. The van der Waals surface area contributed by atoms with Crippen LogP contribution >= 0.6 is 0 Å². The predicted octanol–water partition coefficient (Wildman–Crippen LogP) is 2.48. The molecule has 1 N–H and O–H groups in total. The number of likely N-dealkylation sites (N-methyl/N-ethyl adjacent to an activating group) is 1. The highest BCUT2D eigenvalue weighted by Gasteiger charge is 2.21. The van der Waals surface area contributed by atoms with Crippen LogP contribution in [0.4, 0.5) is 0 Å². The van der Waals surface area contributed by atoms with E-state index in [1.807, 2.05) is 30.3 Å². The first-order valence-corrected chi connectivity index (χ1v) is 8.31. The van der Waals surface area contributed by atoms with Crippen molar-refractivity contribution in [2.75, 3.05) is 13.6 Å². The fourth-order valence-electron chi connectivity index (χ4n) is 1.95. The van der Waals surface area contributed by atoms with Gasteiger partial charge in [-0.15, -0.1) is 0 Å². The molecule has 1 atom stereocenters. The molecule has 22 heavy (non-hydrogen) atoms. The van der Waals surface area contributed by atoms with E-state index in [1.54, 1.807) is 19.1 Å². The van der Waals surface area contributed by atoms with E-state index in [0.29, 0.717) is 11.5 Å². The van der Waals surface area contributed by atoms with Gasteiger partial charge >= 0.3 is 0 Å². The Balaban J connectivity index is 2.14. The molecule has 6 heteroatoms. The van der Waals surface area contributed by atoms with E-state index in [2.05, 4.69) is 0 Å². The summed E-state index contributed by atoms with van der Waals surface area (Å²) in [6.07, 6.45) is -0.722. The monoisotopic (exact) mass is 321 g/mol. The Morgan fingerprint density at radius 2 is 1.59 bits per heavy atom. The largest absolute Gasteiger partial charge is 0.457 e. The SMILES string of the molecule is CC(O)CN(C)S(=O)(=O)c1ccc(Oc2ccccc2)cc1. The Kier molecular flexibility index (Phi) is 5.18. The van der Waals surface area contributed by atoms with Crippen LogP contribution in [0.15, 0.2) is 59.5 Å². The Bertz CT molecular complexity index is 697. The first kappa shape index (κ1) is 16.5. The van der Waals surface area contributed by atoms with Gasteiger partial charge in [-0.2, -0.15) is 4.31 Å². The molecule has 2 aromatic rings. The highest BCUT2D eigenvalue weighted by atomic mass is 32.2. The van der Waals surface area contributed by atoms with Gasteiger partial charge in [0, 0.05) is 13.6 Å². The van der Waals surface area contributed by atoms with Gasteiger partial charge in [-0.25, -0.2) is 8.42 Å². The molecular formula is C16H19NO4S. The summed E-state index contributed by atoms with van der Waals surface area (Å²) in [7, 11) is -2.16. The second-order valence-electron chi connectivity index (χ2n) is 5.02. The second-order valence-corrected chi connectivity index (χ2v) is 7.07. The van der Waals surface area contributed by atoms with Crippen LogP contribution in [-0.4, -0.2) is 37.5 Å². The number of nitrogens with zero attached hydrogens (tertiary/aromatic N) is 1. The molecule has 2 aromatic carbocycles. The average molecular weight is 321 g/mol. The normalized spacial score (nSPS) is 13.1. The third-order valence-corrected chi connectivity index (χ3v) is 4.87. The topological polar surface area (TPSA) is 66.8 Å². The molecule has 0 spiro atoms. The van der Waals surface area contributed by atoms with Gasteiger partial charge in [-0.3, -0.25) is 0 Å². The van der Waals surface area contributed by atoms with Crippen LogP contribution < -0.4 is 4.74 Å². The van der Waals surface area contributed by atoms with Crippen molar-refractivity contribution in [3.63, 3.8) is 0 Å². The minimum atomic E-state index is -3.61. The lowest BCUT2D eigenvalue weighted by atomic mass is 10.3. The Morgan fingerprint density at radius 1 is 1.05 bits per heavy atom. The van der Waals surface area contributed by atoms with Gasteiger partial charge in [0.05, 0.1) is 11.0 Å². The number of ether oxygens (including phenoxy) is 1. The van der Waals surface area contributed by atoms with Crippen LogP contribution in [0.2, 0.25) is 0 Å². The Labute approximate surface area is 130 Å². The molecule has 0 bridgehead atoms.